The Morgan fingerprint density at radius 1 is 1.32 bits per heavy atom. The molecule has 0 aromatic heterocycles. The van der Waals surface area contributed by atoms with Gasteiger partial charge in [0, 0.05) is 12.6 Å². The fourth-order valence-electron chi connectivity index (χ4n) is 3.07. The molecule has 102 valence electrons. The summed E-state index contributed by atoms with van der Waals surface area (Å²) in [4.78, 5) is 2.64. The van der Waals surface area contributed by atoms with Crippen LogP contribution in [0.4, 0.5) is 0 Å². The molecule has 1 atom stereocenters. The number of nitrogens with zero attached hydrogens (tertiary/aromatic N) is 2. The molecule has 0 bridgehead atoms. The summed E-state index contributed by atoms with van der Waals surface area (Å²) in [5.41, 5.74) is 3.39. The summed E-state index contributed by atoms with van der Waals surface area (Å²) < 4.78 is 0. The molecule has 1 heterocycles. The Labute approximate surface area is 117 Å². The van der Waals surface area contributed by atoms with Crippen LogP contribution >= 0.6 is 0 Å². The average molecular weight is 256 g/mol. The van der Waals surface area contributed by atoms with E-state index < -0.39 is 0 Å². The highest BCUT2D eigenvalue weighted by Crippen LogP contribution is 2.22. The van der Waals surface area contributed by atoms with Gasteiger partial charge in [0.15, 0.2) is 0 Å². The van der Waals surface area contributed by atoms with Crippen molar-refractivity contribution in [2.45, 2.75) is 58.5 Å². The summed E-state index contributed by atoms with van der Waals surface area (Å²) >= 11 is 0. The van der Waals surface area contributed by atoms with E-state index in [-0.39, 0.29) is 0 Å². The molecule has 2 rings (SSSR count). The lowest BCUT2D eigenvalue weighted by molar-refractivity contribution is 0.186. The fourth-order valence-corrected chi connectivity index (χ4v) is 3.07. The summed E-state index contributed by atoms with van der Waals surface area (Å²) in [5, 5.41) is 8.93. The highest BCUT2D eigenvalue weighted by atomic mass is 15.2. The molecule has 1 aromatic rings. The van der Waals surface area contributed by atoms with Crippen LogP contribution in [0.1, 0.15) is 55.7 Å². The normalized spacial score (nSPS) is 20.8. The van der Waals surface area contributed by atoms with Crippen molar-refractivity contribution in [1.29, 1.82) is 5.26 Å². The predicted octanol–water partition coefficient (Wildman–Crippen LogP) is 4.02. The largest absolute Gasteiger partial charge is 0.296 e. The lowest BCUT2D eigenvalue weighted by atomic mass is 10.0. The van der Waals surface area contributed by atoms with Crippen LogP contribution in [0.5, 0.6) is 0 Å². The third kappa shape index (κ3) is 3.58. The van der Waals surface area contributed by atoms with E-state index in [2.05, 4.69) is 30.9 Å². The molecule has 1 aliphatic heterocycles. The van der Waals surface area contributed by atoms with Crippen molar-refractivity contribution < 1.29 is 0 Å². The second-order valence-electron chi connectivity index (χ2n) is 5.63. The molecule has 0 N–H and O–H groups in total. The highest BCUT2D eigenvalue weighted by molar-refractivity contribution is 5.37. The molecule has 2 nitrogen and oxygen atoms in total. The average Bonchev–Trinajstić information content (AvgIpc) is 2.66. The minimum Gasteiger partial charge on any atom is -0.296 e. The summed E-state index contributed by atoms with van der Waals surface area (Å²) in [5.74, 6) is 0. The molecule has 0 aliphatic carbocycles. The van der Waals surface area contributed by atoms with Gasteiger partial charge in [-0.05, 0) is 56.0 Å². The van der Waals surface area contributed by atoms with Gasteiger partial charge in [-0.15, -0.1) is 0 Å². The molecule has 0 saturated carbocycles. The zero-order chi connectivity index (χ0) is 13.7. The van der Waals surface area contributed by atoms with E-state index in [1.807, 2.05) is 12.1 Å². The first-order valence-corrected chi connectivity index (χ1v) is 7.48. The van der Waals surface area contributed by atoms with Gasteiger partial charge in [-0.1, -0.05) is 25.8 Å². The molecule has 2 heteroatoms. The standard InChI is InChI=1S/C17H24N2/c1-3-17-7-5-4-6-10-19(17)13-16-9-8-15(12-18)11-14(16)2/h8-9,11,17H,3-7,10,13H2,1-2H3. The van der Waals surface area contributed by atoms with E-state index in [4.69, 9.17) is 5.26 Å². The Morgan fingerprint density at radius 2 is 2.16 bits per heavy atom. The topological polar surface area (TPSA) is 27.0 Å². The third-order valence-electron chi connectivity index (χ3n) is 4.32. The maximum Gasteiger partial charge on any atom is 0.0991 e. The van der Waals surface area contributed by atoms with E-state index in [1.54, 1.807) is 0 Å². The van der Waals surface area contributed by atoms with Crippen LogP contribution in [0.2, 0.25) is 0 Å². The molecule has 0 amide bonds. The first-order chi connectivity index (χ1) is 9.24. The Hall–Kier alpha value is -1.33. The van der Waals surface area contributed by atoms with Crippen LogP contribution in [-0.2, 0) is 6.54 Å². The Morgan fingerprint density at radius 3 is 2.84 bits per heavy atom. The van der Waals surface area contributed by atoms with Crippen LogP contribution in [0.3, 0.4) is 0 Å². The molecular weight excluding hydrogens is 232 g/mol. The molecule has 0 spiro atoms. The van der Waals surface area contributed by atoms with Crippen LogP contribution in [0.25, 0.3) is 0 Å². The van der Waals surface area contributed by atoms with Gasteiger partial charge in [-0.2, -0.15) is 5.26 Å². The van der Waals surface area contributed by atoms with Crippen LogP contribution in [-0.4, -0.2) is 17.5 Å². The van der Waals surface area contributed by atoms with E-state index in [1.165, 1.54) is 49.8 Å². The zero-order valence-corrected chi connectivity index (χ0v) is 12.2. The summed E-state index contributed by atoms with van der Waals surface area (Å²) in [7, 11) is 0. The molecule has 19 heavy (non-hydrogen) atoms. The smallest absolute Gasteiger partial charge is 0.0991 e. The number of hydrogen-bond donors (Lipinski definition) is 0. The molecular formula is C17H24N2. The van der Waals surface area contributed by atoms with E-state index in [9.17, 15) is 0 Å². The van der Waals surface area contributed by atoms with E-state index in [0.717, 1.165) is 18.2 Å². The minimum atomic E-state index is 0.734. The van der Waals surface area contributed by atoms with Crippen molar-refractivity contribution in [3.05, 3.63) is 34.9 Å². The molecule has 1 aromatic carbocycles. The first-order valence-electron chi connectivity index (χ1n) is 7.48. The van der Waals surface area contributed by atoms with Crippen LogP contribution in [0, 0.1) is 18.3 Å². The first kappa shape index (κ1) is 14.1. The Kier molecular flexibility index (Phi) is 4.99. The highest BCUT2D eigenvalue weighted by Gasteiger charge is 2.19. The summed E-state index contributed by atoms with van der Waals surface area (Å²) in [6.07, 6.45) is 6.66. The second kappa shape index (κ2) is 6.73. The van der Waals surface area contributed by atoms with Crippen molar-refractivity contribution in [1.82, 2.24) is 4.90 Å². The van der Waals surface area contributed by atoms with Gasteiger partial charge in [0.1, 0.15) is 0 Å². The number of hydrogen-bond acceptors (Lipinski definition) is 2. The number of aryl methyl sites for hydroxylation is 1. The van der Waals surface area contributed by atoms with Gasteiger partial charge >= 0.3 is 0 Å². The third-order valence-corrected chi connectivity index (χ3v) is 4.32. The molecule has 1 aliphatic rings. The monoisotopic (exact) mass is 256 g/mol. The van der Waals surface area contributed by atoms with E-state index in [0.29, 0.717) is 0 Å². The van der Waals surface area contributed by atoms with Gasteiger partial charge in [0.25, 0.3) is 0 Å². The van der Waals surface area contributed by atoms with Gasteiger partial charge in [-0.3, -0.25) is 4.90 Å². The zero-order valence-electron chi connectivity index (χ0n) is 12.2. The van der Waals surface area contributed by atoms with Gasteiger partial charge < -0.3 is 0 Å². The van der Waals surface area contributed by atoms with Crippen molar-refractivity contribution in [3.8, 4) is 6.07 Å². The number of likely N-dealkylation sites (tertiary alicyclic amines) is 1. The Balaban J connectivity index is 2.12. The van der Waals surface area contributed by atoms with Gasteiger partial charge in [0.2, 0.25) is 0 Å². The summed E-state index contributed by atoms with van der Waals surface area (Å²) in [6, 6.07) is 9.03. The number of benzene rings is 1. The van der Waals surface area contributed by atoms with Crippen LogP contribution in [0.15, 0.2) is 18.2 Å². The van der Waals surface area contributed by atoms with Gasteiger partial charge in [0.05, 0.1) is 11.6 Å². The maximum atomic E-state index is 8.93. The predicted molar refractivity (Wildman–Crippen MR) is 78.9 cm³/mol. The van der Waals surface area contributed by atoms with Crippen LogP contribution < -0.4 is 0 Å². The Bertz CT molecular complexity index is 459. The molecule has 1 saturated heterocycles. The maximum absolute atomic E-state index is 8.93. The fraction of sp³-hybridized carbons (Fsp3) is 0.588. The number of nitriles is 1. The minimum absolute atomic E-state index is 0.734. The van der Waals surface area contributed by atoms with Crippen molar-refractivity contribution >= 4 is 0 Å². The van der Waals surface area contributed by atoms with Gasteiger partial charge in [-0.25, -0.2) is 0 Å². The number of rotatable bonds is 3. The summed E-state index contributed by atoms with van der Waals surface area (Å²) in [6.45, 7) is 6.68. The van der Waals surface area contributed by atoms with E-state index >= 15 is 0 Å². The second-order valence-corrected chi connectivity index (χ2v) is 5.63. The van der Waals surface area contributed by atoms with Crippen molar-refractivity contribution in [2.75, 3.05) is 6.54 Å². The van der Waals surface area contributed by atoms with Crippen molar-refractivity contribution in [3.63, 3.8) is 0 Å². The lowest BCUT2D eigenvalue weighted by Gasteiger charge is -2.29. The molecule has 1 fully saturated rings. The lowest BCUT2D eigenvalue weighted by Crippen LogP contribution is -2.34. The quantitative estimate of drug-likeness (QED) is 0.816. The molecule has 0 radical (unpaired) electrons. The SMILES string of the molecule is CCC1CCCCCN1Cc1ccc(C#N)cc1C. The van der Waals surface area contributed by atoms with Crippen molar-refractivity contribution in [2.24, 2.45) is 0 Å². The molecule has 1 unspecified atom stereocenters.